The maximum absolute atomic E-state index is 5.52. The van der Waals surface area contributed by atoms with Crippen LogP contribution in [0.1, 0.15) is 0 Å². The van der Waals surface area contributed by atoms with Crippen LogP contribution in [0.3, 0.4) is 0 Å². The third kappa shape index (κ3) is 1.38. The average Bonchev–Trinajstić information content (AvgIpc) is 2.69. The topological polar surface area (TPSA) is 69.1 Å². The molecule has 0 atom stereocenters. The second-order valence-corrected chi connectivity index (χ2v) is 3.36. The summed E-state index contributed by atoms with van der Waals surface area (Å²) >= 11 is 0. The fraction of sp³-hybridized carbons (Fsp3) is 0. The molecule has 5 heteroatoms. The number of nitrogen functional groups attached to an aromatic ring is 1. The lowest BCUT2D eigenvalue weighted by molar-refractivity contribution is 0.969. The van der Waals surface area contributed by atoms with Gasteiger partial charge in [-0.25, -0.2) is 4.52 Å². The second kappa shape index (κ2) is 3.30. The maximum Gasteiger partial charge on any atom is 0.240 e. The van der Waals surface area contributed by atoms with E-state index in [1.54, 1.807) is 16.9 Å². The summed E-state index contributed by atoms with van der Waals surface area (Å²) in [5.41, 5.74) is 8.23. The molecule has 0 aliphatic heterocycles. The molecule has 0 bridgehead atoms. The van der Waals surface area contributed by atoms with Gasteiger partial charge in [0.1, 0.15) is 0 Å². The summed E-state index contributed by atoms with van der Waals surface area (Å²) in [6.45, 7) is 0. The molecule has 0 spiro atoms. The Morgan fingerprint density at radius 3 is 3.00 bits per heavy atom. The molecule has 0 aliphatic rings. The molecular formula is C11H8N5. The standard InChI is InChI=1S/C11H8N5/c12-11-14-10-4-3-9(7-16(10)15-11)8-2-1-5-13-6-8/h2-7H,(H2,12,15). The SMILES string of the molecule is Nc1nc2ccc(-c3c[c]cnc3)cn2n1. The van der Waals surface area contributed by atoms with Crippen LogP contribution in [-0.2, 0) is 0 Å². The summed E-state index contributed by atoms with van der Waals surface area (Å²) in [6, 6.07) is 8.62. The van der Waals surface area contributed by atoms with E-state index in [1.165, 1.54) is 0 Å². The molecule has 0 amide bonds. The minimum absolute atomic E-state index is 0.273. The van der Waals surface area contributed by atoms with Gasteiger partial charge in [0, 0.05) is 35.8 Å². The number of fused-ring (bicyclic) bond motifs is 1. The van der Waals surface area contributed by atoms with Crippen LogP contribution in [0, 0.1) is 6.07 Å². The Balaban J connectivity index is 2.18. The van der Waals surface area contributed by atoms with Crippen molar-refractivity contribution >= 4 is 11.6 Å². The lowest BCUT2D eigenvalue weighted by atomic mass is 10.1. The highest BCUT2D eigenvalue weighted by molar-refractivity contribution is 5.63. The predicted octanol–water partition coefficient (Wildman–Crippen LogP) is 1.17. The molecule has 0 saturated heterocycles. The van der Waals surface area contributed by atoms with Gasteiger partial charge in [0.25, 0.3) is 0 Å². The Morgan fingerprint density at radius 2 is 2.19 bits per heavy atom. The smallest absolute Gasteiger partial charge is 0.240 e. The Bertz CT molecular complexity index is 629. The lowest BCUT2D eigenvalue weighted by Gasteiger charge is -2.00. The van der Waals surface area contributed by atoms with Crippen LogP contribution in [0.15, 0.2) is 36.8 Å². The molecule has 16 heavy (non-hydrogen) atoms. The van der Waals surface area contributed by atoms with Gasteiger partial charge in [0.05, 0.1) is 0 Å². The highest BCUT2D eigenvalue weighted by atomic mass is 15.3. The Hall–Kier alpha value is -2.43. The molecule has 0 aliphatic carbocycles. The number of rotatable bonds is 1. The summed E-state index contributed by atoms with van der Waals surface area (Å²) in [5.74, 6) is 0.273. The number of nitrogens with zero attached hydrogens (tertiary/aromatic N) is 4. The van der Waals surface area contributed by atoms with Gasteiger partial charge >= 0.3 is 0 Å². The molecule has 3 aromatic rings. The van der Waals surface area contributed by atoms with Crippen LogP contribution in [0.25, 0.3) is 16.8 Å². The molecule has 77 valence electrons. The van der Waals surface area contributed by atoms with Crippen LogP contribution >= 0.6 is 0 Å². The maximum atomic E-state index is 5.52. The molecule has 3 aromatic heterocycles. The van der Waals surface area contributed by atoms with Crippen molar-refractivity contribution in [2.24, 2.45) is 0 Å². The zero-order valence-corrected chi connectivity index (χ0v) is 8.33. The van der Waals surface area contributed by atoms with Crippen LogP contribution in [-0.4, -0.2) is 19.6 Å². The summed E-state index contributed by atoms with van der Waals surface area (Å²) < 4.78 is 1.65. The van der Waals surface area contributed by atoms with Gasteiger partial charge in [-0.3, -0.25) is 4.98 Å². The number of anilines is 1. The molecule has 0 fully saturated rings. The lowest BCUT2D eigenvalue weighted by Crippen LogP contribution is -1.90. The van der Waals surface area contributed by atoms with Gasteiger partial charge in [0.2, 0.25) is 5.95 Å². The Labute approximate surface area is 91.6 Å². The first-order valence-electron chi connectivity index (χ1n) is 4.76. The third-order valence-electron chi connectivity index (χ3n) is 2.28. The van der Waals surface area contributed by atoms with Gasteiger partial charge in [-0.05, 0) is 18.2 Å². The van der Waals surface area contributed by atoms with Gasteiger partial charge in [0.15, 0.2) is 5.65 Å². The van der Waals surface area contributed by atoms with Crippen LogP contribution in [0.5, 0.6) is 0 Å². The monoisotopic (exact) mass is 210 g/mol. The number of hydrogen-bond acceptors (Lipinski definition) is 4. The molecule has 3 rings (SSSR count). The van der Waals surface area contributed by atoms with E-state index in [4.69, 9.17) is 5.73 Å². The second-order valence-electron chi connectivity index (χ2n) is 3.36. The van der Waals surface area contributed by atoms with E-state index >= 15 is 0 Å². The minimum atomic E-state index is 0.273. The Kier molecular flexibility index (Phi) is 1.83. The van der Waals surface area contributed by atoms with Crippen molar-refractivity contribution < 1.29 is 0 Å². The number of pyridine rings is 2. The van der Waals surface area contributed by atoms with Crippen molar-refractivity contribution in [3.8, 4) is 11.1 Å². The fourth-order valence-electron chi connectivity index (χ4n) is 1.55. The van der Waals surface area contributed by atoms with Crippen LogP contribution < -0.4 is 5.73 Å². The van der Waals surface area contributed by atoms with E-state index in [9.17, 15) is 0 Å². The number of hydrogen-bond donors (Lipinski definition) is 1. The van der Waals surface area contributed by atoms with Crippen LogP contribution in [0.2, 0.25) is 0 Å². The van der Waals surface area contributed by atoms with Gasteiger partial charge in [-0.1, -0.05) is 0 Å². The Morgan fingerprint density at radius 1 is 1.25 bits per heavy atom. The van der Waals surface area contributed by atoms with Gasteiger partial charge < -0.3 is 5.73 Å². The molecule has 0 unspecified atom stereocenters. The molecule has 1 radical (unpaired) electrons. The van der Waals surface area contributed by atoms with Crippen molar-refractivity contribution in [1.82, 2.24) is 19.6 Å². The minimum Gasteiger partial charge on any atom is -0.366 e. The predicted molar refractivity (Wildman–Crippen MR) is 59.5 cm³/mol. The summed E-state index contributed by atoms with van der Waals surface area (Å²) in [4.78, 5) is 8.07. The summed E-state index contributed by atoms with van der Waals surface area (Å²) in [5, 5.41) is 4.05. The third-order valence-corrected chi connectivity index (χ3v) is 2.28. The molecule has 5 nitrogen and oxygen atoms in total. The zero-order valence-electron chi connectivity index (χ0n) is 8.33. The van der Waals surface area contributed by atoms with Crippen molar-refractivity contribution in [1.29, 1.82) is 0 Å². The first kappa shape index (κ1) is 8.84. The quantitative estimate of drug-likeness (QED) is 0.654. The molecule has 3 heterocycles. The first-order valence-corrected chi connectivity index (χ1v) is 4.76. The molecule has 0 saturated carbocycles. The summed E-state index contributed by atoms with van der Waals surface area (Å²) in [7, 11) is 0. The van der Waals surface area contributed by atoms with Crippen LogP contribution in [0.4, 0.5) is 5.95 Å². The summed E-state index contributed by atoms with van der Waals surface area (Å²) in [6.07, 6.45) is 5.26. The normalized spacial score (nSPS) is 10.8. The first-order chi connectivity index (χ1) is 7.83. The highest BCUT2D eigenvalue weighted by Gasteiger charge is 2.02. The van der Waals surface area contributed by atoms with Crippen molar-refractivity contribution in [3.05, 3.63) is 42.9 Å². The van der Waals surface area contributed by atoms with Crippen molar-refractivity contribution in [2.75, 3.05) is 5.73 Å². The van der Waals surface area contributed by atoms with E-state index in [0.29, 0.717) is 0 Å². The van der Waals surface area contributed by atoms with Crippen molar-refractivity contribution in [2.45, 2.75) is 0 Å². The zero-order chi connectivity index (χ0) is 11.0. The highest BCUT2D eigenvalue weighted by Crippen LogP contribution is 2.18. The average molecular weight is 210 g/mol. The number of aromatic nitrogens is 4. The molecule has 0 aromatic carbocycles. The van der Waals surface area contributed by atoms with E-state index in [2.05, 4.69) is 21.1 Å². The van der Waals surface area contributed by atoms with E-state index in [1.807, 2.05) is 24.4 Å². The van der Waals surface area contributed by atoms with E-state index in [0.717, 1.165) is 16.8 Å². The van der Waals surface area contributed by atoms with E-state index in [-0.39, 0.29) is 5.95 Å². The fourth-order valence-corrected chi connectivity index (χ4v) is 1.55. The molecule has 2 N–H and O–H groups in total. The van der Waals surface area contributed by atoms with E-state index < -0.39 is 0 Å². The molecular weight excluding hydrogens is 202 g/mol. The largest absolute Gasteiger partial charge is 0.366 e. The van der Waals surface area contributed by atoms with Gasteiger partial charge in [-0.15, -0.1) is 5.10 Å². The van der Waals surface area contributed by atoms with Crippen molar-refractivity contribution in [3.63, 3.8) is 0 Å². The number of nitrogens with two attached hydrogens (primary N) is 1. The van der Waals surface area contributed by atoms with Gasteiger partial charge in [-0.2, -0.15) is 4.98 Å².